The Labute approximate surface area is 111 Å². The molecule has 2 rings (SSSR count). The number of carbonyl (C=O) groups is 1. The van der Waals surface area contributed by atoms with E-state index in [0.717, 1.165) is 0 Å². The number of rotatable bonds is 2. The first-order chi connectivity index (χ1) is 8.50. The number of nitrogens with zero attached hydrogens (tertiary/aromatic N) is 1. The van der Waals surface area contributed by atoms with Gasteiger partial charge in [-0.25, -0.2) is 8.78 Å². The van der Waals surface area contributed by atoms with Gasteiger partial charge in [0, 0.05) is 22.4 Å². The summed E-state index contributed by atoms with van der Waals surface area (Å²) in [7, 11) is 0. The van der Waals surface area contributed by atoms with E-state index >= 15 is 0 Å². The monoisotopic (exact) mass is 311 g/mol. The minimum atomic E-state index is -1.13. The van der Waals surface area contributed by atoms with Gasteiger partial charge in [0.1, 0.15) is 0 Å². The van der Waals surface area contributed by atoms with Gasteiger partial charge < -0.3 is 0 Å². The van der Waals surface area contributed by atoms with E-state index in [1.54, 1.807) is 0 Å². The van der Waals surface area contributed by atoms with Crippen LogP contribution in [-0.2, 0) is 0 Å². The van der Waals surface area contributed by atoms with Crippen molar-refractivity contribution >= 4 is 21.7 Å². The zero-order valence-electron chi connectivity index (χ0n) is 9.38. The van der Waals surface area contributed by atoms with Crippen LogP contribution in [0.2, 0.25) is 0 Å². The number of ketones is 1. The molecule has 1 aromatic carbocycles. The van der Waals surface area contributed by atoms with Crippen LogP contribution in [0.25, 0.3) is 0 Å². The Balaban J connectivity index is 2.50. The highest BCUT2D eigenvalue weighted by molar-refractivity contribution is 9.10. The Hall–Kier alpha value is -1.62. The Bertz CT molecular complexity index is 628. The van der Waals surface area contributed by atoms with E-state index in [9.17, 15) is 13.6 Å². The molecule has 0 bridgehead atoms. The smallest absolute Gasteiger partial charge is 0.197 e. The van der Waals surface area contributed by atoms with Gasteiger partial charge >= 0.3 is 0 Å². The van der Waals surface area contributed by atoms with Crippen molar-refractivity contribution in [3.8, 4) is 0 Å². The average molecular weight is 312 g/mol. The van der Waals surface area contributed by atoms with Crippen molar-refractivity contribution in [2.75, 3.05) is 0 Å². The molecule has 1 heterocycles. The SMILES string of the molecule is Cc1ccc(C(=O)c2cncc(Br)c2)c(F)c1F. The van der Waals surface area contributed by atoms with Gasteiger partial charge in [-0.15, -0.1) is 0 Å². The van der Waals surface area contributed by atoms with Gasteiger partial charge in [-0.1, -0.05) is 6.07 Å². The fourth-order valence-corrected chi connectivity index (χ4v) is 1.88. The Morgan fingerprint density at radius 1 is 1.22 bits per heavy atom. The Kier molecular flexibility index (Phi) is 3.52. The first-order valence-electron chi connectivity index (χ1n) is 5.10. The molecule has 0 saturated carbocycles. The standard InChI is InChI=1S/C13H8BrF2NO/c1-7-2-3-10(12(16)11(7)15)13(18)8-4-9(14)6-17-5-8/h2-6H,1H3. The van der Waals surface area contributed by atoms with Crippen LogP contribution in [0, 0.1) is 18.6 Å². The molecule has 5 heteroatoms. The van der Waals surface area contributed by atoms with Crippen molar-refractivity contribution in [3.63, 3.8) is 0 Å². The minimum absolute atomic E-state index is 0.163. The van der Waals surface area contributed by atoms with Crippen LogP contribution in [0.3, 0.4) is 0 Å². The van der Waals surface area contributed by atoms with Crippen molar-refractivity contribution in [3.05, 3.63) is 63.4 Å². The lowest BCUT2D eigenvalue weighted by Crippen LogP contribution is -2.07. The van der Waals surface area contributed by atoms with E-state index in [1.807, 2.05) is 0 Å². The molecule has 0 aliphatic heterocycles. The van der Waals surface area contributed by atoms with Gasteiger partial charge in [-0.3, -0.25) is 9.78 Å². The number of hydrogen-bond acceptors (Lipinski definition) is 2. The number of aromatic nitrogens is 1. The predicted molar refractivity (Wildman–Crippen MR) is 66.5 cm³/mol. The first kappa shape index (κ1) is 12.8. The molecule has 0 fully saturated rings. The summed E-state index contributed by atoms with van der Waals surface area (Å²) in [4.78, 5) is 15.8. The van der Waals surface area contributed by atoms with E-state index in [1.165, 1.54) is 37.5 Å². The summed E-state index contributed by atoms with van der Waals surface area (Å²) in [5.41, 5.74) is 0.0703. The first-order valence-corrected chi connectivity index (χ1v) is 5.90. The van der Waals surface area contributed by atoms with E-state index in [0.29, 0.717) is 4.47 Å². The molecule has 0 aliphatic rings. The van der Waals surface area contributed by atoms with Crippen LogP contribution < -0.4 is 0 Å². The van der Waals surface area contributed by atoms with Crippen LogP contribution in [0.4, 0.5) is 8.78 Å². The quantitative estimate of drug-likeness (QED) is 0.792. The van der Waals surface area contributed by atoms with Gasteiger partial charge in [0.15, 0.2) is 17.4 Å². The largest absolute Gasteiger partial charge is 0.288 e. The summed E-state index contributed by atoms with van der Waals surface area (Å²) in [5.74, 6) is -2.72. The van der Waals surface area contributed by atoms with Crippen LogP contribution in [0.1, 0.15) is 21.5 Å². The Morgan fingerprint density at radius 2 is 1.94 bits per heavy atom. The van der Waals surface area contributed by atoms with E-state index < -0.39 is 17.4 Å². The molecule has 2 aromatic rings. The van der Waals surface area contributed by atoms with Gasteiger partial charge in [0.05, 0.1) is 5.56 Å². The van der Waals surface area contributed by atoms with Crippen molar-refractivity contribution in [2.24, 2.45) is 0 Å². The molecule has 18 heavy (non-hydrogen) atoms. The number of carbonyl (C=O) groups excluding carboxylic acids is 1. The molecule has 0 N–H and O–H groups in total. The maximum atomic E-state index is 13.7. The molecule has 0 unspecified atom stereocenters. The lowest BCUT2D eigenvalue weighted by Gasteiger charge is -2.05. The molecule has 92 valence electrons. The van der Waals surface area contributed by atoms with Gasteiger partial charge in [0.2, 0.25) is 0 Å². The second-order valence-corrected chi connectivity index (χ2v) is 4.69. The summed E-state index contributed by atoms with van der Waals surface area (Å²) >= 11 is 3.17. The zero-order chi connectivity index (χ0) is 13.3. The molecule has 0 aliphatic carbocycles. The fraction of sp³-hybridized carbons (Fsp3) is 0.0769. The van der Waals surface area contributed by atoms with Gasteiger partial charge in [-0.2, -0.15) is 0 Å². The summed E-state index contributed by atoms with van der Waals surface area (Å²) in [6, 6.07) is 4.15. The number of aryl methyl sites for hydroxylation is 1. The van der Waals surface area contributed by atoms with Crippen LogP contribution in [0.5, 0.6) is 0 Å². The molecule has 0 amide bonds. The molecule has 0 atom stereocenters. The van der Waals surface area contributed by atoms with Crippen molar-refractivity contribution < 1.29 is 13.6 Å². The molecule has 0 radical (unpaired) electrons. The molecule has 1 aromatic heterocycles. The number of benzene rings is 1. The molecule has 2 nitrogen and oxygen atoms in total. The summed E-state index contributed by atoms with van der Waals surface area (Å²) in [6.45, 7) is 1.44. The average Bonchev–Trinajstić information content (AvgIpc) is 2.35. The third-order valence-electron chi connectivity index (χ3n) is 2.49. The highest BCUT2D eigenvalue weighted by Crippen LogP contribution is 2.20. The summed E-state index contributed by atoms with van der Waals surface area (Å²) in [6.07, 6.45) is 2.81. The van der Waals surface area contributed by atoms with Crippen LogP contribution >= 0.6 is 15.9 Å². The third kappa shape index (κ3) is 2.31. The lowest BCUT2D eigenvalue weighted by atomic mass is 10.0. The van der Waals surface area contributed by atoms with E-state index in [4.69, 9.17) is 0 Å². The Morgan fingerprint density at radius 3 is 2.61 bits per heavy atom. The maximum Gasteiger partial charge on any atom is 0.197 e. The van der Waals surface area contributed by atoms with E-state index in [-0.39, 0.29) is 16.7 Å². The minimum Gasteiger partial charge on any atom is -0.288 e. The molecule has 0 spiro atoms. The third-order valence-corrected chi connectivity index (χ3v) is 2.92. The van der Waals surface area contributed by atoms with Crippen molar-refractivity contribution in [2.45, 2.75) is 6.92 Å². The van der Waals surface area contributed by atoms with Crippen LogP contribution in [-0.4, -0.2) is 10.8 Å². The van der Waals surface area contributed by atoms with Crippen molar-refractivity contribution in [1.82, 2.24) is 4.98 Å². The second-order valence-electron chi connectivity index (χ2n) is 3.78. The van der Waals surface area contributed by atoms with Crippen LogP contribution in [0.15, 0.2) is 35.1 Å². The fourth-order valence-electron chi connectivity index (χ4n) is 1.51. The lowest BCUT2D eigenvalue weighted by molar-refractivity contribution is 0.103. The normalized spacial score (nSPS) is 10.4. The molecular weight excluding hydrogens is 304 g/mol. The highest BCUT2D eigenvalue weighted by atomic mass is 79.9. The molecular formula is C13H8BrF2NO. The predicted octanol–water partition coefficient (Wildman–Crippen LogP) is 3.66. The van der Waals surface area contributed by atoms with Gasteiger partial charge in [0.25, 0.3) is 0 Å². The highest BCUT2D eigenvalue weighted by Gasteiger charge is 2.18. The number of hydrogen-bond donors (Lipinski definition) is 0. The second kappa shape index (κ2) is 4.94. The zero-order valence-corrected chi connectivity index (χ0v) is 11.0. The van der Waals surface area contributed by atoms with Crippen molar-refractivity contribution in [1.29, 1.82) is 0 Å². The number of halogens is 3. The van der Waals surface area contributed by atoms with Gasteiger partial charge in [-0.05, 0) is 40.5 Å². The topological polar surface area (TPSA) is 30.0 Å². The van der Waals surface area contributed by atoms with E-state index in [2.05, 4.69) is 20.9 Å². The molecule has 0 saturated heterocycles. The maximum absolute atomic E-state index is 13.7. The summed E-state index contributed by atoms with van der Waals surface area (Å²) < 4.78 is 27.7. The summed E-state index contributed by atoms with van der Waals surface area (Å²) in [5, 5.41) is 0. The number of pyridine rings is 1.